The van der Waals surface area contributed by atoms with Gasteiger partial charge in [0.1, 0.15) is 0 Å². The third-order valence-corrected chi connectivity index (χ3v) is 3.93. The standard InChI is InChI=1S/C13H9Cl2N3O3S/c1-7-2-11(21-12(20)5-19)18-13(17-7)22-6-8-9(14)3-16-4-10(8)15/h2-5H,6H2,1H3. The summed E-state index contributed by atoms with van der Waals surface area (Å²) in [6.07, 6.45) is 3.07. The van der Waals surface area contributed by atoms with Crippen LogP contribution in [0.1, 0.15) is 11.3 Å². The maximum absolute atomic E-state index is 11.0. The number of pyridine rings is 1. The zero-order valence-corrected chi connectivity index (χ0v) is 13.6. The van der Waals surface area contributed by atoms with Gasteiger partial charge in [-0.1, -0.05) is 35.0 Å². The number of aromatic nitrogens is 3. The molecule has 0 N–H and O–H groups in total. The van der Waals surface area contributed by atoms with Crippen LogP contribution in [0.4, 0.5) is 0 Å². The molecule has 0 aliphatic heterocycles. The first-order valence-electron chi connectivity index (χ1n) is 5.93. The van der Waals surface area contributed by atoms with Crippen molar-refractivity contribution in [2.75, 3.05) is 0 Å². The van der Waals surface area contributed by atoms with Gasteiger partial charge in [-0.15, -0.1) is 0 Å². The molecule has 6 nitrogen and oxygen atoms in total. The van der Waals surface area contributed by atoms with Gasteiger partial charge in [0, 0.05) is 35.5 Å². The molecule has 0 bridgehead atoms. The molecule has 0 spiro atoms. The number of ether oxygens (including phenoxy) is 1. The number of hydrogen-bond acceptors (Lipinski definition) is 7. The van der Waals surface area contributed by atoms with Crippen LogP contribution in [0.2, 0.25) is 10.0 Å². The van der Waals surface area contributed by atoms with Crippen LogP contribution in [0.3, 0.4) is 0 Å². The minimum absolute atomic E-state index is 0.0130. The quantitative estimate of drug-likeness (QED) is 0.267. The highest BCUT2D eigenvalue weighted by atomic mass is 35.5. The van der Waals surface area contributed by atoms with Crippen LogP contribution >= 0.6 is 35.0 Å². The van der Waals surface area contributed by atoms with Crippen LogP contribution < -0.4 is 4.74 Å². The van der Waals surface area contributed by atoms with Gasteiger partial charge < -0.3 is 4.74 Å². The maximum atomic E-state index is 11.0. The minimum atomic E-state index is -1.02. The zero-order valence-electron chi connectivity index (χ0n) is 11.2. The molecule has 0 unspecified atom stereocenters. The predicted octanol–water partition coefficient (Wildman–Crippen LogP) is 2.88. The molecule has 114 valence electrons. The molecular formula is C13H9Cl2N3O3S. The summed E-state index contributed by atoms with van der Waals surface area (Å²) in [6.45, 7) is 1.72. The van der Waals surface area contributed by atoms with Crippen molar-refractivity contribution in [3.63, 3.8) is 0 Å². The van der Waals surface area contributed by atoms with Crippen molar-refractivity contribution in [2.24, 2.45) is 0 Å². The average molecular weight is 358 g/mol. The number of halogens is 2. The van der Waals surface area contributed by atoms with Gasteiger partial charge in [-0.2, -0.15) is 4.98 Å². The summed E-state index contributed by atoms with van der Waals surface area (Å²) in [5, 5.41) is 1.26. The van der Waals surface area contributed by atoms with E-state index in [9.17, 15) is 9.59 Å². The fraction of sp³-hybridized carbons (Fsp3) is 0.154. The van der Waals surface area contributed by atoms with E-state index in [-0.39, 0.29) is 12.2 Å². The molecule has 2 aromatic rings. The van der Waals surface area contributed by atoms with Crippen molar-refractivity contribution < 1.29 is 14.3 Å². The third-order valence-electron chi connectivity index (χ3n) is 2.41. The van der Waals surface area contributed by atoms with Crippen molar-refractivity contribution in [1.29, 1.82) is 0 Å². The average Bonchev–Trinajstić information content (AvgIpc) is 2.46. The predicted molar refractivity (Wildman–Crippen MR) is 82.3 cm³/mol. The van der Waals surface area contributed by atoms with E-state index in [0.717, 1.165) is 0 Å². The molecule has 0 amide bonds. The Morgan fingerprint density at radius 2 is 2.00 bits per heavy atom. The summed E-state index contributed by atoms with van der Waals surface area (Å²) in [4.78, 5) is 33.4. The number of rotatable bonds is 5. The van der Waals surface area contributed by atoms with Crippen molar-refractivity contribution in [3.8, 4) is 5.88 Å². The Labute approximate surface area is 140 Å². The molecular weight excluding hydrogens is 349 g/mol. The van der Waals surface area contributed by atoms with Gasteiger partial charge in [0.05, 0.1) is 10.0 Å². The summed E-state index contributed by atoms with van der Waals surface area (Å²) in [7, 11) is 0. The first-order chi connectivity index (χ1) is 10.5. The Hall–Kier alpha value is -1.70. The van der Waals surface area contributed by atoms with Crippen LogP contribution in [0.15, 0.2) is 23.6 Å². The molecule has 0 saturated heterocycles. The van der Waals surface area contributed by atoms with E-state index in [1.165, 1.54) is 30.2 Å². The van der Waals surface area contributed by atoms with E-state index >= 15 is 0 Å². The molecule has 2 heterocycles. The number of esters is 1. The maximum Gasteiger partial charge on any atom is 0.378 e. The first kappa shape index (κ1) is 16.7. The molecule has 0 aliphatic carbocycles. The van der Waals surface area contributed by atoms with E-state index < -0.39 is 5.97 Å². The second kappa shape index (κ2) is 7.53. The van der Waals surface area contributed by atoms with E-state index in [1.807, 2.05) is 0 Å². The van der Waals surface area contributed by atoms with Crippen LogP contribution in [0.5, 0.6) is 5.88 Å². The Morgan fingerprint density at radius 1 is 1.32 bits per heavy atom. The lowest BCUT2D eigenvalue weighted by molar-refractivity contribution is -0.141. The minimum Gasteiger partial charge on any atom is -0.402 e. The normalized spacial score (nSPS) is 10.3. The second-order valence-electron chi connectivity index (χ2n) is 4.04. The summed E-state index contributed by atoms with van der Waals surface area (Å²) < 4.78 is 4.75. The van der Waals surface area contributed by atoms with Gasteiger partial charge in [-0.05, 0) is 6.92 Å². The fourth-order valence-corrected chi connectivity index (χ4v) is 3.07. The largest absolute Gasteiger partial charge is 0.402 e. The molecule has 22 heavy (non-hydrogen) atoms. The lowest BCUT2D eigenvalue weighted by atomic mass is 10.3. The molecule has 2 aromatic heterocycles. The third kappa shape index (κ3) is 4.40. The van der Waals surface area contributed by atoms with Crippen LogP contribution in [0, 0.1) is 6.92 Å². The number of carbonyl (C=O) groups is 2. The van der Waals surface area contributed by atoms with Gasteiger partial charge in [0.25, 0.3) is 0 Å². The van der Waals surface area contributed by atoms with Gasteiger partial charge in [-0.25, -0.2) is 9.78 Å². The smallest absolute Gasteiger partial charge is 0.378 e. The zero-order chi connectivity index (χ0) is 16.1. The summed E-state index contributed by atoms with van der Waals surface area (Å²) >= 11 is 13.3. The molecule has 0 atom stereocenters. The Balaban J connectivity index is 2.16. The van der Waals surface area contributed by atoms with Gasteiger partial charge in [0.2, 0.25) is 12.2 Å². The first-order valence-corrected chi connectivity index (χ1v) is 7.67. The fourth-order valence-electron chi connectivity index (χ4n) is 1.47. The Kier molecular flexibility index (Phi) is 5.70. The van der Waals surface area contributed by atoms with E-state index in [2.05, 4.69) is 15.0 Å². The highest BCUT2D eigenvalue weighted by molar-refractivity contribution is 7.98. The van der Waals surface area contributed by atoms with Crippen molar-refractivity contribution in [2.45, 2.75) is 17.8 Å². The number of thioether (sulfide) groups is 1. The van der Waals surface area contributed by atoms with Gasteiger partial charge in [0.15, 0.2) is 5.16 Å². The Bertz CT molecular complexity index is 707. The van der Waals surface area contributed by atoms with Gasteiger partial charge >= 0.3 is 5.97 Å². The van der Waals surface area contributed by atoms with Crippen LogP contribution in [-0.4, -0.2) is 27.2 Å². The number of aryl methyl sites for hydroxylation is 1. The SMILES string of the molecule is Cc1cc(OC(=O)C=O)nc(SCc2c(Cl)cncc2Cl)n1. The summed E-state index contributed by atoms with van der Waals surface area (Å²) in [5.41, 5.74) is 1.30. The highest BCUT2D eigenvalue weighted by Crippen LogP contribution is 2.30. The van der Waals surface area contributed by atoms with Gasteiger partial charge in [-0.3, -0.25) is 9.78 Å². The van der Waals surface area contributed by atoms with E-state index in [4.69, 9.17) is 27.9 Å². The summed E-state index contributed by atoms with van der Waals surface area (Å²) in [5.74, 6) is -0.585. The van der Waals surface area contributed by atoms with E-state index in [0.29, 0.717) is 32.2 Å². The molecule has 0 saturated carbocycles. The van der Waals surface area contributed by atoms with E-state index in [1.54, 1.807) is 6.92 Å². The monoisotopic (exact) mass is 357 g/mol. The topological polar surface area (TPSA) is 82.0 Å². The molecule has 9 heteroatoms. The number of hydrogen-bond donors (Lipinski definition) is 0. The second-order valence-corrected chi connectivity index (χ2v) is 5.80. The number of nitrogens with zero attached hydrogens (tertiary/aromatic N) is 3. The van der Waals surface area contributed by atoms with Crippen molar-refractivity contribution in [3.05, 3.63) is 39.8 Å². The molecule has 0 aliphatic rings. The molecule has 2 rings (SSSR count). The molecule has 0 aromatic carbocycles. The number of aldehydes is 1. The van der Waals surface area contributed by atoms with Crippen molar-refractivity contribution in [1.82, 2.24) is 15.0 Å². The van der Waals surface area contributed by atoms with Crippen LogP contribution in [0.25, 0.3) is 0 Å². The number of carbonyl (C=O) groups excluding carboxylic acids is 2. The van der Waals surface area contributed by atoms with Crippen molar-refractivity contribution >= 4 is 47.2 Å². The summed E-state index contributed by atoms with van der Waals surface area (Å²) in [6, 6.07) is 1.46. The Morgan fingerprint density at radius 3 is 2.64 bits per heavy atom. The molecule has 0 fully saturated rings. The lowest BCUT2D eigenvalue weighted by Gasteiger charge is -2.07. The van der Waals surface area contributed by atoms with Crippen LogP contribution in [-0.2, 0) is 15.3 Å². The lowest BCUT2D eigenvalue weighted by Crippen LogP contribution is -2.10. The highest BCUT2D eigenvalue weighted by Gasteiger charge is 2.11. The molecule has 0 radical (unpaired) electrons.